The molecule has 0 spiro atoms. The second kappa shape index (κ2) is 8.93. The summed E-state index contributed by atoms with van der Waals surface area (Å²) in [6.07, 6.45) is 1.76. The molecule has 5 heteroatoms. The van der Waals surface area contributed by atoms with E-state index in [1.54, 1.807) is 11.3 Å². The summed E-state index contributed by atoms with van der Waals surface area (Å²) in [5, 5.41) is 16.7. The molecule has 0 radical (unpaired) electrons. The van der Waals surface area contributed by atoms with Gasteiger partial charge in [0, 0.05) is 18.0 Å². The second-order valence-electron chi connectivity index (χ2n) is 5.15. The number of thiophene rings is 1. The molecule has 1 aromatic heterocycles. The predicted octanol–water partition coefficient (Wildman–Crippen LogP) is 2.59. The lowest BCUT2D eigenvalue weighted by atomic mass is 9.94. The summed E-state index contributed by atoms with van der Waals surface area (Å²) in [6, 6.07) is 3.83. The van der Waals surface area contributed by atoms with Crippen LogP contribution in [-0.4, -0.2) is 24.3 Å². The number of carbonyl (C=O) groups is 1. The van der Waals surface area contributed by atoms with Crippen molar-refractivity contribution in [1.82, 2.24) is 10.6 Å². The summed E-state index contributed by atoms with van der Waals surface area (Å²) >= 11 is 1.63. The molecule has 1 unspecified atom stereocenters. The van der Waals surface area contributed by atoms with Crippen LogP contribution in [0.15, 0.2) is 17.5 Å². The highest BCUT2D eigenvalue weighted by Gasteiger charge is 2.12. The van der Waals surface area contributed by atoms with Crippen LogP contribution in [0.2, 0.25) is 0 Å². The number of nitrogens with one attached hydrogen (secondary N) is 2. The molecule has 0 aliphatic rings. The van der Waals surface area contributed by atoms with Crippen molar-refractivity contribution in [3.63, 3.8) is 0 Å². The van der Waals surface area contributed by atoms with Crippen LogP contribution in [0, 0.1) is 11.8 Å². The molecule has 0 saturated heterocycles. The van der Waals surface area contributed by atoms with Crippen LogP contribution in [0.25, 0.3) is 0 Å². The standard InChI is InChI=1S/C14H24N2O2S/c1-11(2)8-12(5-6-17)9-15-14(18)16-10-13-4-3-7-19-13/h3-4,7,11-12,17H,5-6,8-10H2,1-2H3,(H2,15,16,18). The Bertz CT molecular complexity index is 352. The molecule has 19 heavy (non-hydrogen) atoms. The van der Waals surface area contributed by atoms with Crippen molar-refractivity contribution in [2.75, 3.05) is 13.2 Å². The first-order chi connectivity index (χ1) is 9.11. The molecular weight excluding hydrogens is 260 g/mol. The van der Waals surface area contributed by atoms with Crippen molar-refractivity contribution in [1.29, 1.82) is 0 Å². The maximum Gasteiger partial charge on any atom is 0.315 e. The molecule has 4 nitrogen and oxygen atoms in total. The Morgan fingerprint density at radius 2 is 2.21 bits per heavy atom. The zero-order valence-electron chi connectivity index (χ0n) is 11.7. The molecule has 0 bridgehead atoms. The Balaban J connectivity index is 2.22. The zero-order valence-corrected chi connectivity index (χ0v) is 12.5. The average Bonchev–Trinajstić information content (AvgIpc) is 2.86. The Labute approximate surface area is 119 Å². The van der Waals surface area contributed by atoms with E-state index >= 15 is 0 Å². The molecule has 1 atom stereocenters. The average molecular weight is 284 g/mol. The van der Waals surface area contributed by atoms with Crippen molar-refractivity contribution < 1.29 is 9.90 Å². The van der Waals surface area contributed by atoms with Crippen LogP contribution in [0.1, 0.15) is 31.6 Å². The smallest absolute Gasteiger partial charge is 0.315 e. The van der Waals surface area contributed by atoms with Crippen LogP contribution >= 0.6 is 11.3 Å². The van der Waals surface area contributed by atoms with Gasteiger partial charge in [0.2, 0.25) is 0 Å². The van der Waals surface area contributed by atoms with Gasteiger partial charge in [0.15, 0.2) is 0 Å². The summed E-state index contributed by atoms with van der Waals surface area (Å²) in [5.41, 5.74) is 0. The molecule has 0 aliphatic carbocycles. The zero-order chi connectivity index (χ0) is 14.1. The van der Waals surface area contributed by atoms with Crippen LogP contribution in [0.4, 0.5) is 4.79 Å². The van der Waals surface area contributed by atoms with Gasteiger partial charge in [0.25, 0.3) is 0 Å². The highest BCUT2D eigenvalue weighted by Crippen LogP contribution is 2.14. The molecule has 0 aromatic carbocycles. The highest BCUT2D eigenvalue weighted by atomic mass is 32.1. The van der Waals surface area contributed by atoms with Gasteiger partial charge in [0.05, 0.1) is 6.54 Å². The monoisotopic (exact) mass is 284 g/mol. The van der Waals surface area contributed by atoms with Crippen molar-refractivity contribution in [2.45, 2.75) is 33.2 Å². The molecule has 1 heterocycles. The molecule has 108 valence electrons. The van der Waals surface area contributed by atoms with E-state index in [2.05, 4.69) is 24.5 Å². The fourth-order valence-electron chi connectivity index (χ4n) is 2.03. The Hall–Kier alpha value is -1.07. The van der Waals surface area contributed by atoms with Crippen molar-refractivity contribution in [3.05, 3.63) is 22.4 Å². The first kappa shape index (κ1) is 16.0. The van der Waals surface area contributed by atoms with Gasteiger partial charge < -0.3 is 15.7 Å². The van der Waals surface area contributed by atoms with E-state index in [1.165, 1.54) is 0 Å². The number of urea groups is 1. The van der Waals surface area contributed by atoms with E-state index in [0.717, 1.165) is 17.7 Å². The lowest BCUT2D eigenvalue weighted by molar-refractivity contribution is 0.225. The van der Waals surface area contributed by atoms with Crippen LogP contribution in [0.3, 0.4) is 0 Å². The first-order valence-electron chi connectivity index (χ1n) is 6.76. The number of aliphatic hydroxyl groups is 1. The summed E-state index contributed by atoms with van der Waals surface area (Å²) < 4.78 is 0. The molecule has 2 amide bonds. The van der Waals surface area contributed by atoms with Gasteiger partial charge in [-0.15, -0.1) is 11.3 Å². The van der Waals surface area contributed by atoms with Crippen molar-refractivity contribution in [3.8, 4) is 0 Å². The number of aliphatic hydroxyl groups excluding tert-OH is 1. The maximum atomic E-state index is 11.7. The Kier molecular flexibility index (Phi) is 7.52. The lowest BCUT2D eigenvalue weighted by Crippen LogP contribution is -2.38. The van der Waals surface area contributed by atoms with Gasteiger partial charge >= 0.3 is 6.03 Å². The summed E-state index contributed by atoms with van der Waals surface area (Å²) in [7, 11) is 0. The molecule has 1 aromatic rings. The van der Waals surface area contributed by atoms with Crippen molar-refractivity contribution >= 4 is 17.4 Å². The largest absolute Gasteiger partial charge is 0.396 e. The van der Waals surface area contributed by atoms with Gasteiger partial charge in [0.1, 0.15) is 0 Å². The van der Waals surface area contributed by atoms with Crippen molar-refractivity contribution in [2.24, 2.45) is 11.8 Å². The summed E-state index contributed by atoms with van der Waals surface area (Å²) in [5.74, 6) is 0.921. The van der Waals surface area contributed by atoms with Gasteiger partial charge in [-0.1, -0.05) is 19.9 Å². The molecule has 0 aliphatic heterocycles. The van der Waals surface area contributed by atoms with E-state index in [9.17, 15) is 4.79 Å². The number of hydrogen-bond acceptors (Lipinski definition) is 3. The maximum absolute atomic E-state index is 11.7. The minimum Gasteiger partial charge on any atom is -0.396 e. The molecule has 3 N–H and O–H groups in total. The van der Waals surface area contributed by atoms with Crippen LogP contribution < -0.4 is 10.6 Å². The van der Waals surface area contributed by atoms with Crippen LogP contribution in [-0.2, 0) is 6.54 Å². The van der Waals surface area contributed by atoms with Gasteiger partial charge in [-0.3, -0.25) is 0 Å². The van der Waals surface area contributed by atoms with E-state index < -0.39 is 0 Å². The third-order valence-electron chi connectivity index (χ3n) is 2.90. The molecule has 0 saturated carbocycles. The predicted molar refractivity (Wildman–Crippen MR) is 79.2 cm³/mol. The lowest BCUT2D eigenvalue weighted by Gasteiger charge is -2.18. The quantitative estimate of drug-likeness (QED) is 0.687. The highest BCUT2D eigenvalue weighted by molar-refractivity contribution is 7.09. The third-order valence-corrected chi connectivity index (χ3v) is 3.77. The summed E-state index contributed by atoms with van der Waals surface area (Å²) in [6.45, 7) is 5.67. The van der Waals surface area contributed by atoms with E-state index in [4.69, 9.17) is 5.11 Å². The molecule has 0 fully saturated rings. The number of rotatable bonds is 8. The van der Waals surface area contributed by atoms with Gasteiger partial charge in [-0.25, -0.2) is 4.79 Å². The number of carbonyl (C=O) groups excluding carboxylic acids is 1. The second-order valence-corrected chi connectivity index (χ2v) is 6.18. The van der Waals surface area contributed by atoms with E-state index in [0.29, 0.717) is 24.9 Å². The number of amides is 2. The SMILES string of the molecule is CC(C)CC(CCO)CNC(=O)NCc1cccs1. The molecular formula is C14H24N2O2S. The van der Waals surface area contributed by atoms with Crippen LogP contribution in [0.5, 0.6) is 0 Å². The van der Waals surface area contributed by atoms with Gasteiger partial charge in [-0.2, -0.15) is 0 Å². The fourth-order valence-corrected chi connectivity index (χ4v) is 2.68. The molecule has 1 rings (SSSR count). The Morgan fingerprint density at radius 1 is 1.42 bits per heavy atom. The van der Waals surface area contributed by atoms with Gasteiger partial charge in [-0.05, 0) is 36.1 Å². The fraction of sp³-hybridized carbons (Fsp3) is 0.643. The topological polar surface area (TPSA) is 61.4 Å². The summed E-state index contributed by atoms with van der Waals surface area (Å²) in [4.78, 5) is 12.8. The first-order valence-corrected chi connectivity index (χ1v) is 7.64. The van der Waals surface area contributed by atoms with E-state index in [-0.39, 0.29) is 12.6 Å². The number of hydrogen-bond donors (Lipinski definition) is 3. The Morgan fingerprint density at radius 3 is 2.79 bits per heavy atom. The van der Waals surface area contributed by atoms with E-state index in [1.807, 2.05) is 17.5 Å². The third kappa shape index (κ3) is 7.18. The normalized spacial score (nSPS) is 12.4. The minimum absolute atomic E-state index is 0.139. The minimum atomic E-state index is -0.139.